The van der Waals surface area contributed by atoms with Gasteiger partial charge in [0.25, 0.3) is 0 Å². The van der Waals surface area contributed by atoms with E-state index in [1.54, 1.807) is 6.07 Å². The predicted octanol–water partition coefficient (Wildman–Crippen LogP) is 1.81. The quantitative estimate of drug-likeness (QED) is 0.888. The lowest BCUT2D eigenvalue weighted by molar-refractivity contribution is -0.274. The van der Waals surface area contributed by atoms with Crippen molar-refractivity contribution in [3.8, 4) is 5.75 Å². The first-order valence-corrected chi connectivity index (χ1v) is 6.28. The third kappa shape index (κ3) is 4.12. The first-order valence-electron chi connectivity index (χ1n) is 6.28. The molecule has 0 spiro atoms. The molecule has 1 aromatic rings. The minimum atomic E-state index is -4.74. The van der Waals surface area contributed by atoms with Crippen LogP contribution in [0, 0.1) is 5.92 Å². The Kier molecular flexibility index (Phi) is 4.49. The fourth-order valence-corrected chi connectivity index (χ4v) is 2.08. The van der Waals surface area contributed by atoms with Crippen molar-refractivity contribution in [3.05, 3.63) is 29.8 Å². The van der Waals surface area contributed by atoms with Gasteiger partial charge in [-0.3, -0.25) is 4.79 Å². The first kappa shape index (κ1) is 14.6. The molecule has 1 aliphatic rings. The van der Waals surface area contributed by atoms with Gasteiger partial charge in [-0.05, 0) is 19.0 Å². The summed E-state index contributed by atoms with van der Waals surface area (Å²) in [4.78, 5) is 11.8. The third-order valence-electron chi connectivity index (χ3n) is 3.08. The number of ether oxygens (including phenoxy) is 1. The molecule has 1 unspecified atom stereocenters. The lowest BCUT2D eigenvalue weighted by Crippen LogP contribution is -2.31. The highest BCUT2D eigenvalue weighted by Gasteiger charge is 2.32. The van der Waals surface area contributed by atoms with Crippen LogP contribution in [0.4, 0.5) is 13.2 Å². The number of benzene rings is 1. The molecule has 0 aliphatic carbocycles. The predicted molar refractivity (Wildman–Crippen MR) is 65.9 cm³/mol. The summed E-state index contributed by atoms with van der Waals surface area (Å²) in [5, 5.41) is 5.70. The van der Waals surface area contributed by atoms with Crippen molar-refractivity contribution >= 4 is 5.91 Å². The summed E-state index contributed by atoms with van der Waals surface area (Å²) >= 11 is 0. The lowest BCUT2D eigenvalue weighted by atomic mass is 10.1. The minimum absolute atomic E-state index is 0.0155. The Morgan fingerprint density at radius 1 is 1.40 bits per heavy atom. The molecule has 1 atom stereocenters. The summed E-state index contributed by atoms with van der Waals surface area (Å²) in [5.41, 5.74) is 0.295. The van der Waals surface area contributed by atoms with Gasteiger partial charge in [0.05, 0.1) is 5.92 Å². The second-order valence-electron chi connectivity index (χ2n) is 4.56. The highest BCUT2D eigenvalue weighted by atomic mass is 19.4. The van der Waals surface area contributed by atoms with Crippen molar-refractivity contribution in [1.29, 1.82) is 0 Å². The smallest absolute Gasteiger partial charge is 0.405 e. The molecule has 1 heterocycles. The van der Waals surface area contributed by atoms with Gasteiger partial charge in [0.1, 0.15) is 5.75 Å². The first-order chi connectivity index (χ1) is 9.46. The van der Waals surface area contributed by atoms with Crippen LogP contribution >= 0.6 is 0 Å². The summed E-state index contributed by atoms with van der Waals surface area (Å²) in [5.74, 6) is -0.563. The second kappa shape index (κ2) is 6.13. The van der Waals surface area contributed by atoms with Gasteiger partial charge in [0.15, 0.2) is 0 Å². The van der Waals surface area contributed by atoms with E-state index in [2.05, 4.69) is 15.4 Å². The number of carbonyl (C=O) groups is 1. The average molecular weight is 288 g/mol. The SMILES string of the molecule is O=C(NCc1ccccc1OC(F)(F)F)C1CCNC1. The summed E-state index contributed by atoms with van der Waals surface area (Å²) < 4.78 is 40.7. The Hall–Kier alpha value is -1.76. The molecule has 2 N–H and O–H groups in total. The van der Waals surface area contributed by atoms with Crippen molar-refractivity contribution in [1.82, 2.24) is 10.6 Å². The monoisotopic (exact) mass is 288 g/mol. The average Bonchev–Trinajstić information content (AvgIpc) is 2.89. The van der Waals surface area contributed by atoms with Gasteiger partial charge in [-0.25, -0.2) is 0 Å². The van der Waals surface area contributed by atoms with E-state index in [1.807, 2.05) is 0 Å². The van der Waals surface area contributed by atoms with Gasteiger partial charge in [-0.15, -0.1) is 13.2 Å². The summed E-state index contributed by atoms with van der Waals surface area (Å²) in [6.07, 6.45) is -4.00. The highest BCUT2D eigenvalue weighted by Crippen LogP contribution is 2.26. The van der Waals surface area contributed by atoms with Crippen LogP contribution in [0.5, 0.6) is 5.75 Å². The van der Waals surface area contributed by atoms with Crippen LogP contribution in [-0.4, -0.2) is 25.4 Å². The van der Waals surface area contributed by atoms with Gasteiger partial charge >= 0.3 is 6.36 Å². The number of hydrogen-bond acceptors (Lipinski definition) is 3. The Labute approximate surface area is 114 Å². The Morgan fingerprint density at radius 3 is 2.80 bits per heavy atom. The van der Waals surface area contributed by atoms with E-state index in [9.17, 15) is 18.0 Å². The second-order valence-corrected chi connectivity index (χ2v) is 4.56. The molecule has 2 rings (SSSR count). The van der Waals surface area contributed by atoms with Crippen molar-refractivity contribution < 1.29 is 22.7 Å². The number of carbonyl (C=O) groups excluding carboxylic acids is 1. The molecular formula is C13H15F3N2O2. The molecule has 0 radical (unpaired) electrons. The van der Waals surface area contributed by atoms with E-state index < -0.39 is 6.36 Å². The van der Waals surface area contributed by atoms with Crippen molar-refractivity contribution in [2.24, 2.45) is 5.92 Å². The third-order valence-corrected chi connectivity index (χ3v) is 3.08. The molecule has 0 saturated carbocycles. The van der Waals surface area contributed by atoms with Gasteiger partial charge in [0, 0.05) is 18.7 Å². The van der Waals surface area contributed by atoms with Crippen LogP contribution < -0.4 is 15.4 Å². The molecule has 0 bridgehead atoms. The van der Waals surface area contributed by atoms with Crippen LogP contribution in [0.1, 0.15) is 12.0 Å². The van der Waals surface area contributed by atoms with Gasteiger partial charge in [-0.2, -0.15) is 0 Å². The van der Waals surface area contributed by atoms with Gasteiger partial charge < -0.3 is 15.4 Å². The van der Waals surface area contributed by atoms with Crippen LogP contribution in [0.15, 0.2) is 24.3 Å². The van der Waals surface area contributed by atoms with Crippen molar-refractivity contribution in [2.45, 2.75) is 19.3 Å². The maximum atomic E-state index is 12.2. The molecule has 110 valence electrons. The number of hydrogen-bond donors (Lipinski definition) is 2. The number of rotatable bonds is 4. The maximum Gasteiger partial charge on any atom is 0.573 e. The normalized spacial score (nSPS) is 18.9. The van der Waals surface area contributed by atoms with E-state index in [1.165, 1.54) is 18.2 Å². The molecule has 1 aliphatic heterocycles. The molecule has 0 aromatic heterocycles. The zero-order valence-corrected chi connectivity index (χ0v) is 10.7. The van der Waals surface area contributed by atoms with Gasteiger partial charge in [0.2, 0.25) is 5.91 Å². The maximum absolute atomic E-state index is 12.2. The summed E-state index contributed by atoms with van der Waals surface area (Å²) in [6, 6.07) is 5.77. The standard InChI is InChI=1S/C13H15F3N2O2/c14-13(15,16)20-11-4-2-1-3-9(11)8-18-12(19)10-5-6-17-7-10/h1-4,10,17H,5-8H2,(H,18,19). The van der Waals surface area contributed by atoms with E-state index in [0.717, 1.165) is 13.0 Å². The molecular weight excluding hydrogens is 273 g/mol. The molecule has 1 saturated heterocycles. The van der Waals surface area contributed by atoms with Crippen LogP contribution in [0.25, 0.3) is 0 Å². The van der Waals surface area contributed by atoms with Crippen molar-refractivity contribution in [2.75, 3.05) is 13.1 Å². The zero-order valence-electron chi connectivity index (χ0n) is 10.7. The number of amides is 1. The van der Waals surface area contributed by atoms with E-state index in [-0.39, 0.29) is 24.1 Å². The lowest BCUT2D eigenvalue weighted by Gasteiger charge is -2.14. The zero-order chi connectivity index (χ0) is 14.6. The topological polar surface area (TPSA) is 50.4 Å². The summed E-state index contributed by atoms with van der Waals surface area (Å²) in [7, 11) is 0. The van der Waals surface area contributed by atoms with Crippen LogP contribution in [-0.2, 0) is 11.3 Å². The fraction of sp³-hybridized carbons (Fsp3) is 0.462. The summed E-state index contributed by atoms with van der Waals surface area (Å²) in [6.45, 7) is 1.40. The minimum Gasteiger partial charge on any atom is -0.405 e. The van der Waals surface area contributed by atoms with Gasteiger partial charge in [-0.1, -0.05) is 18.2 Å². The van der Waals surface area contributed by atoms with E-state index >= 15 is 0 Å². The number of halogens is 3. The Balaban J connectivity index is 1.96. The van der Waals surface area contributed by atoms with Crippen LogP contribution in [0.3, 0.4) is 0 Å². The van der Waals surface area contributed by atoms with Crippen LogP contribution in [0.2, 0.25) is 0 Å². The molecule has 1 aromatic carbocycles. The Morgan fingerprint density at radius 2 is 2.15 bits per heavy atom. The van der Waals surface area contributed by atoms with Crippen molar-refractivity contribution in [3.63, 3.8) is 0 Å². The molecule has 7 heteroatoms. The largest absolute Gasteiger partial charge is 0.573 e. The molecule has 4 nitrogen and oxygen atoms in total. The molecule has 1 fully saturated rings. The number of alkyl halides is 3. The highest BCUT2D eigenvalue weighted by molar-refractivity contribution is 5.79. The number of nitrogens with one attached hydrogen (secondary N) is 2. The molecule has 1 amide bonds. The van der Waals surface area contributed by atoms with E-state index in [0.29, 0.717) is 12.1 Å². The number of para-hydroxylation sites is 1. The molecule has 20 heavy (non-hydrogen) atoms. The Bertz CT molecular complexity index is 471. The van der Waals surface area contributed by atoms with E-state index in [4.69, 9.17) is 0 Å². The fourth-order valence-electron chi connectivity index (χ4n) is 2.08.